The highest BCUT2D eigenvalue weighted by atomic mass is 79.9. The molecule has 2 aromatic rings. The number of pyridine rings is 1. The summed E-state index contributed by atoms with van der Waals surface area (Å²) in [6, 6.07) is 6.63. The van der Waals surface area contributed by atoms with E-state index in [1.165, 1.54) is 30.3 Å². The monoisotopic (exact) mass is 326 g/mol. The minimum absolute atomic E-state index is 0.0431. The van der Waals surface area contributed by atoms with Crippen LogP contribution in [0.25, 0.3) is 0 Å². The highest BCUT2D eigenvalue weighted by molar-refractivity contribution is 9.10. The van der Waals surface area contributed by atoms with Gasteiger partial charge in [-0.25, -0.2) is 14.2 Å². The third kappa shape index (κ3) is 3.00. The molecule has 0 saturated heterocycles. The quantitative estimate of drug-likeness (QED) is 0.905. The van der Waals surface area contributed by atoms with Crippen molar-refractivity contribution >= 4 is 27.6 Å². The number of ether oxygens (including phenoxy) is 1. The van der Waals surface area contributed by atoms with Crippen LogP contribution in [-0.2, 0) is 0 Å². The third-order valence-electron chi connectivity index (χ3n) is 2.21. The molecule has 19 heavy (non-hydrogen) atoms. The third-order valence-corrected chi connectivity index (χ3v) is 2.82. The van der Waals surface area contributed by atoms with Crippen LogP contribution >= 0.6 is 15.9 Å². The Bertz CT molecular complexity index is 649. The molecule has 1 aromatic carbocycles. The summed E-state index contributed by atoms with van der Waals surface area (Å²) in [5.74, 6) is -1.38. The molecule has 0 unspecified atom stereocenters. The number of hydrogen-bond acceptors (Lipinski definition) is 4. The van der Waals surface area contributed by atoms with Crippen LogP contribution in [0, 0.1) is 5.82 Å². The number of benzene rings is 1. The van der Waals surface area contributed by atoms with Gasteiger partial charge in [0.15, 0.2) is 5.69 Å². The second-order valence-electron chi connectivity index (χ2n) is 3.57. The van der Waals surface area contributed by atoms with Gasteiger partial charge in [0, 0.05) is 0 Å². The van der Waals surface area contributed by atoms with Crippen molar-refractivity contribution in [1.82, 2.24) is 4.98 Å². The Labute approximate surface area is 116 Å². The van der Waals surface area contributed by atoms with Crippen molar-refractivity contribution < 1.29 is 19.0 Å². The lowest BCUT2D eigenvalue weighted by atomic mass is 10.3. The molecule has 0 radical (unpaired) electrons. The number of anilines is 1. The lowest BCUT2D eigenvalue weighted by Crippen LogP contribution is -2.03. The molecule has 0 aliphatic heterocycles. The van der Waals surface area contributed by atoms with E-state index in [-0.39, 0.29) is 27.5 Å². The zero-order valence-corrected chi connectivity index (χ0v) is 11.0. The van der Waals surface area contributed by atoms with Crippen molar-refractivity contribution in [3.8, 4) is 11.6 Å². The molecule has 0 aliphatic rings. The minimum Gasteiger partial charge on any atom is -0.477 e. The Kier molecular flexibility index (Phi) is 3.66. The Morgan fingerprint density at radius 1 is 1.37 bits per heavy atom. The Morgan fingerprint density at radius 2 is 2.11 bits per heavy atom. The number of carboxylic acids is 1. The molecule has 0 amide bonds. The van der Waals surface area contributed by atoms with Crippen LogP contribution < -0.4 is 10.5 Å². The van der Waals surface area contributed by atoms with E-state index >= 15 is 0 Å². The van der Waals surface area contributed by atoms with Gasteiger partial charge in [0.25, 0.3) is 0 Å². The van der Waals surface area contributed by atoms with Gasteiger partial charge >= 0.3 is 5.97 Å². The molecular weight excluding hydrogens is 319 g/mol. The first-order valence-corrected chi connectivity index (χ1v) is 5.89. The fourth-order valence-corrected chi connectivity index (χ4v) is 1.66. The molecule has 0 saturated carbocycles. The number of carbonyl (C=O) groups is 1. The smallest absolute Gasteiger partial charge is 0.354 e. The highest BCUT2D eigenvalue weighted by Gasteiger charge is 2.11. The lowest BCUT2D eigenvalue weighted by molar-refractivity contribution is 0.0689. The average molecular weight is 327 g/mol. The van der Waals surface area contributed by atoms with E-state index in [1.807, 2.05) is 0 Å². The summed E-state index contributed by atoms with van der Waals surface area (Å²) in [6.45, 7) is 0. The van der Waals surface area contributed by atoms with Gasteiger partial charge in [-0.15, -0.1) is 0 Å². The normalized spacial score (nSPS) is 10.2. The fraction of sp³-hybridized carbons (Fsp3) is 0. The largest absolute Gasteiger partial charge is 0.477 e. The van der Waals surface area contributed by atoms with Crippen LogP contribution in [0.2, 0.25) is 0 Å². The lowest BCUT2D eigenvalue weighted by Gasteiger charge is -2.08. The van der Waals surface area contributed by atoms with E-state index in [1.54, 1.807) is 0 Å². The Balaban J connectivity index is 2.34. The molecule has 3 N–H and O–H groups in total. The molecule has 0 spiro atoms. The van der Waals surface area contributed by atoms with Crippen LogP contribution in [0.1, 0.15) is 10.5 Å². The zero-order chi connectivity index (χ0) is 14.0. The first-order valence-electron chi connectivity index (χ1n) is 5.10. The van der Waals surface area contributed by atoms with Crippen LogP contribution in [0.4, 0.5) is 10.1 Å². The van der Waals surface area contributed by atoms with Crippen LogP contribution in [0.15, 0.2) is 34.8 Å². The van der Waals surface area contributed by atoms with Crippen molar-refractivity contribution in [1.29, 1.82) is 0 Å². The predicted molar refractivity (Wildman–Crippen MR) is 69.8 cm³/mol. The maximum Gasteiger partial charge on any atom is 0.354 e. The number of nitrogens with two attached hydrogens (primary N) is 1. The summed E-state index contributed by atoms with van der Waals surface area (Å²) in [7, 11) is 0. The number of nitrogen functional groups attached to an aromatic ring is 1. The summed E-state index contributed by atoms with van der Waals surface area (Å²) in [4.78, 5) is 14.6. The maximum absolute atomic E-state index is 13.1. The van der Waals surface area contributed by atoms with E-state index < -0.39 is 11.8 Å². The van der Waals surface area contributed by atoms with Crippen LogP contribution in [-0.4, -0.2) is 16.1 Å². The van der Waals surface area contributed by atoms with Gasteiger partial charge in [0.2, 0.25) is 5.88 Å². The molecule has 0 bridgehead atoms. The summed E-state index contributed by atoms with van der Waals surface area (Å²) in [5, 5.41) is 8.83. The number of rotatable bonds is 3. The molecule has 2 rings (SSSR count). The number of aromatic nitrogens is 1. The molecular formula is C12H8BrFN2O3. The van der Waals surface area contributed by atoms with Crippen molar-refractivity contribution in [3.05, 3.63) is 46.3 Å². The molecule has 0 aliphatic carbocycles. The zero-order valence-electron chi connectivity index (χ0n) is 9.43. The molecule has 1 aromatic heterocycles. The summed E-state index contributed by atoms with van der Waals surface area (Å²) < 4.78 is 18.6. The molecule has 0 fully saturated rings. The van der Waals surface area contributed by atoms with Crippen LogP contribution in [0.5, 0.6) is 11.6 Å². The van der Waals surface area contributed by atoms with Crippen molar-refractivity contribution in [3.63, 3.8) is 0 Å². The number of aromatic carboxylic acids is 1. The molecule has 5 nitrogen and oxygen atoms in total. The maximum atomic E-state index is 13.1. The van der Waals surface area contributed by atoms with Gasteiger partial charge in [-0.3, -0.25) is 0 Å². The highest BCUT2D eigenvalue weighted by Crippen LogP contribution is 2.28. The SMILES string of the molecule is Nc1ccc(C(=O)O)nc1Oc1ccc(F)c(Br)c1. The topological polar surface area (TPSA) is 85.4 Å². The molecule has 7 heteroatoms. The van der Waals surface area contributed by atoms with Gasteiger partial charge in [0.1, 0.15) is 11.6 Å². The molecule has 98 valence electrons. The summed E-state index contributed by atoms with van der Waals surface area (Å²) in [6.07, 6.45) is 0. The number of carboxylic acid groups (broad SMARTS) is 1. The van der Waals surface area contributed by atoms with E-state index in [0.29, 0.717) is 0 Å². The van der Waals surface area contributed by atoms with E-state index in [2.05, 4.69) is 20.9 Å². The number of halogens is 2. The average Bonchev–Trinajstić information content (AvgIpc) is 2.36. The van der Waals surface area contributed by atoms with Gasteiger partial charge < -0.3 is 15.6 Å². The second-order valence-corrected chi connectivity index (χ2v) is 4.43. The van der Waals surface area contributed by atoms with Gasteiger partial charge in [-0.2, -0.15) is 0 Å². The van der Waals surface area contributed by atoms with Gasteiger partial charge in [-0.05, 0) is 46.3 Å². The van der Waals surface area contributed by atoms with Gasteiger partial charge in [0.05, 0.1) is 10.2 Å². The van der Waals surface area contributed by atoms with Crippen molar-refractivity contribution in [2.75, 3.05) is 5.73 Å². The standard InChI is InChI=1S/C12H8BrFN2O3/c13-7-5-6(1-2-8(7)14)19-11-9(15)3-4-10(16-11)12(17)18/h1-5H,15H2,(H,17,18). The Morgan fingerprint density at radius 3 is 2.74 bits per heavy atom. The predicted octanol–water partition coefficient (Wildman–Crippen LogP) is 3.06. The second kappa shape index (κ2) is 5.23. The minimum atomic E-state index is -1.19. The summed E-state index contributed by atoms with van der Waals surface area (Å²) >= 11 is 3.01. The first kappa shape index (κ1) is 13.3. The summed E-state index contributed by atoms with van der Waals surface area (Å²) in [5.41, 5.74) is 5.64. The molecule has 1 heterocycles. The van der Waals surface area contributed by atoms with E-state index in [0.717, 1.165) is 0 Å². The fourth-order valence-electron chi connectivity index (χ4n) is 1.30. The number of hydrogen-bond donors (Lipinski definition) is 2. The van der Waals surface area contributed by atoms with E-state index in [9.17, 15) is 9.18 Å². The number of nitrogens with zero attached hydrogens (tertiary/aromatic N) is 1. The van der Waals surface area contributed by atoms with Gasteiger partial charge in [-0.1, -0.05) is 0 Å². The van der Waals surface area contributed by atoms with Crippen LogP contribution in [0.3, 0.4) is 0 Å². The van der Waals surface area contributed by atoms with Crippen molar-refractivity contribution in [2.24, 2.45) is 0 Å². The Hall–Kier alpha value is -2.15. The molecule has 0 atom stereocenters. The van der Waals surface area contributed by atoms with Crippen molar-refractivity contribution in [2.45, 2.75) is 0 Å². The first-order chi connectivity index (χ1) is 8.97. The van der Waals surface area contributed by atoms with E-state index in [4.69, 9.17) is 15.6 Å².